The van der Waals surface area contributed by atoms with Crippen LogP contribution in [0.5, 0.6) is 0 Å². The van der Waals surface area contributed by atoms with E-state index in [1.54, 1.807) is 23.0 Å². The third-order valence-electron chi connectivity index (χ3n) is 3.30. The van der Waals surface area contributed by atoms with E-state index < -0.39 is 0 Å². The van der Waals surface area contributed by atoms with Gasteiger partial charge in [0.1, 0.15) is 6.33 Å². The number of imide groups is 1. The highest BCUT2D eigenvalue weighted by Gasteiger charge is 2.26. The molecular weight excluding hydrogens is 324 g/mol. The van der Waals surface area contributed by atoms with Crippen molar-refractivity contribution in [2.45, 2.75) is 18.0 Å². The van der Waals surface area contributed by atoms with Crippen LogP contribution in [0.3, 0.4) is 0 Å². The Morgan fingerprint density at radius 3 is 3.00 bits per heavy atom. The van der Waals surface area contributed by atoms with Gasteiger partial charge < -0.3 is 0 Å². The summed E-state index contributed by atoms with van der Waals surface area (Å²) in [7, 11) is 0. The molecule has 0 bridgehead atoms. The topological polar surface area (TPSA) is 68.1 Å². The normalized spacial score (nSPS) is 14.6. The molecular formula is C14H13ClN4O2S. The molecule has 0 unspecified atom stereocenters. The lowest BCUT2D eigenvalue weighted by molar-refractivity contribution is -0.140. The maximum atomic E-state index is 12.1. The molecule has 1 fully saturated rings. The minimum atomic E-state index is -0.187. The van der Waals surface area contributed by atoms with Crippen LogP contribution in [0.25, 0.3) is 5.69 Å². The summed E-state index contributed by atoms with van der Waals surface area (Å²) in [5, 5.41) is 9.09. The minimum Gasteiger partial charge on any atom is -0.282 e. The zero-order chi connectivity index (χ0) is 15.5. The Labute approximate surface area is 136 Å². The SMILES string of the molecule is O=C1CCCN1C(=O)CSc1nncn1-c1cccc(Cl)c1. The number of likely N-dealkylation sites (tertiary alicyclic amines) is 1. The molecule has 8 heteroatoms. The standard InChI is InChI=1S/C14H13ClN4O2S/c15-10-3-1-4-11(7-10)19-9-16-17-14(19)22-8-13(21)18-6-2-5-12(18)20/h1,3-4,7,9H,2,5-6,8H2. The van der Waals surface area contributed by atoms with Gasteiger partial charge in [0.25, 0.3) is 0 Å². The summed E-state index contributed by atoms with van der Waals surface area (Å²) < 4.78 is 1.76. The van der Waals surface area contributed by atoms with Crippen LogP contribution < -0.4 is 0 Å². The molecule has 1 aromatic carbocycles. The van der Waals surface area contributed by atoms with Crippen molar-refractivity contribution in [1.29, 1.82) is 0 Å². The largest absolute Gasteiger partial charge is 0.282 e. The number of thioether (sulfide) groups is 1. The van der Waals surface area contributed by atoms with Crippen LogP contribution in [-0.2, 0) is 9.59 Å². The molecule has 1 aromatic heterocycles. The smallest absolute Gasteiger partial charge is 0.239 e. The van der Waals surface area contributed by atoms with E-state index in [4.69, 9.17) is 11.6 Å². The van der Waals surface area contributed by atoms with Gasteiger partial charge in [-0.05, 0) is 24.6 Å². The van der Waals surface area contributed by atoms with Crippen molar-refractivity contribution in [2.24, 2.45) is 0 Å². The number of nitrogens with zero attached hydrogens (tertiary/aromatic N) is 4. The number of hydrogen-bond acceptors (Lipinski definition) is 5. The van der Waals surface area contributed by atoms with Crippen LogP contribution in [0.4, 0.5) is 0 Å². The summed E-state index contributed by atoms with van der Waals surface area (Å²) in [5.41, 5.74) is 0.824. The number of hydrogen-bond donors (Lipinski definition) is 0. The summed E-state index contributed by atoms with van der Waals surface area (Å²) in [6.45, 7) is 0.513. The average Bonchev–Trinajstić information content (AvgIpc) is 3.13. The van der Waals surface area contributed by atoms with Gasteiger partial charge in [-0.3, -0.25) is 19.1 Å². The quantitative estimate of drug-likeness (QED) is 0.800. The second kappa shape index (κ2) is 6.50. The van der Waals surface area contributed by atoms with Gasteiger partial charge in [-0.1, -0.05) is 29.4 Å². The number of carbonyl (C=O) groups is 2. The van der Waals surface area contributed by atoms with Crippen LogP contribution in [-0.4, -0.2) is 43.8 Å². The number of rotatable bonds is 4. The maximum absolute atomic E-state index is 12.1. The van der Waals surface area contributed by atoms with Crippen molar-refractivity contribution >= 4 is 35.2 Å². The van der Waals surface area contributed by atoms with Crippen molar-refractivity contribution < 1.29 is 9.59 Å². The first-order valence-electron chi connectivity index (χ1n) is 6.77. The molecule has 6 nitrogen and oxygen atoms in total. The van der Waals surface area contributed by atoms with Gasteiger partial charge in [0.05, 0.1) is 11.4 Å². The van der Waals surface area contributed by atoms with Gasteiger partial charge in [-0.15, -0.1) is 10.2 Å². The van der Waals surface area contributed by atoms with Crippen LogP contribution in [0.1, 0.15) is 12.8 Å². The van der Waals surface area contributed by atoms with E-state index in [2.05, 4.69) is 10.2 Å². The molecule has 0 saturated carbocycles. The molecule has 1 saturated heterocycles. The second-order valence-corrected chi connectivity index (χ2v) is 6.17. The molecule has 0 N–H and O–H groups in total. The molecule has 114 valence electrons. The lowest BCUT2D eigenvalue weighted by atomic mass is 10.3. The number of aromatic nitrogens is 3. The summed E-state index contributed by atoms with van der Waals surface area (Å²) in [4.78, 5) is 24.9. The Balaban J connectivity index is 1.70. The summed E-state index contributed by atoms with van der Waals surface area (Å²) in [5.74, 6) is -0.125. The van der Waals surface area contributed by atoms with E-state index in [1.165, 1.54) is 16.7 Å². The van der Waals surface area contributed by atoms with Crippen molar-refractivity contribution in [3.8, 4) is 5.69 Å². The molecule has 2 aromatic rings. The van der Waals surface area contributed by atoms with E-state index in [0.717, 1.165) is 12.1 Å². The lowest BCUT2D eigenvalue weighted by Crippen LogP contribution is -2.33. The Bertz CT molecular complexity index is 718. The molecule has 0 aliphatic carbocycles. The van der Waals surface area contributed by atoms with E-state index in [1.807, 2.05) is 12.1 Å². The highest BCUT2D eigenvalue weighted by molar-refractivity contribution is 7.99. The van der Waals surface area contributed by atoms with E-state index in [-0.39, 0.29) is 17.6 Å². The molecule has 0 atom stereocenters. The van der Waals surface area contributed by atoms with Gasteiger partial charge in [0.15, 0.2) is 5.16 Å². The first-order valence-corrected chi connectivity index (χ1v) is 8.13. The molecule has 22 heavy (non-hydrogen) atoms. The zero-order valence-corrected chi connectivity index (χ0v) is 13.2. The Morgan fingerprint density at radius 1 is 1.41 bits per heavy atom. The monoisotopic (exact) mass is 336 g/mol. The van der Waals surface area contributed by atoms with Crippen molar-refractivity contribution in [1.82, 2.24) is 19.7 Å². The van der Waals surface area contributed by atoms with E-state index in [0.29, 0.717) is 23.1 Å². The number of carbonyl (C=O) groups excluding carboxylic acids is 2. The Hall–Kier alpha value is -1.86. The molecule has 3 rings (SSSR count). The van der Waals surface area contributed by atoms with Gasteiger partial charge in [-0.2, -0.15) is 0 Å². The average molecular weight is 337 g/mol. The first kappa shape index (κ1) is 15.1. The van der Waals surface area contributed by atoms with Crippen LogP contribution in [0, 0.1) is 0 Å². The van der Waals surface area contributed by atoms with Gasteiger partial charge in [0, 0.05) is 18.0 Å². The fourth-order valence-corrected chi connectivity index (χ4v) is 3.23. The highest BCUT2D eigenvalue weighted by Crippen LogP contribution is 2.22. The third kappa shape index (κ3) is 3.15. The highest BCUT2D eigenvalue weighted by atomic mass is 35.5. The molecule has 2 heterocycles. The molecule has 0 spiro atoms. The summed E-state index contributed by atoms with van der Waals surface area (Å²) in [6, 6.07) is 7.29. The van der Waals surface area contributed by atoms with Crippen LogP contribution in [0.2, 0.25) is 5.02 Å². The predicted molar refractivity (Wildman–Crippen MR) is 83.0 cm³/mol. The first-order chi connectivity index (χ1) is 10.6. The van der Waals surface area contributed by atoms with E-state index >= 15 is 0 Å². The molecule has 1 aliphatic rings. The molecule has 0 radical (unpaired) electrons. The third-order valence-corrected chi connectivity index (χ3v) is 4.46. The molecule has 2 amide bonds. The van der Waals surface area contributed by atoms with Gasteiger partial charge in [-0.25, -0.2) is 0 Å². The fraction of sp³-hybridized carbons (Fsp3) is 0.286. The fourth-order valence-electron chi connectivity index (χ4n) is 2.24. The Morgan fingerprint density at radius 2 is 2.27 bits per heavy atom. The van der Waals surface area contributed by atoms with Crippen LogP contribution >= 0.6 is 23.4 Å². The lowest BCUT2D eigenvalue weighted by Gasteiger charge is -2.13. The van der Waals surface area contributed by atoms with Crippen molar-refractivity contribution in [3.05, 3.63) is 35.6 Å². The van der Waals surface area contributed by atoms with Crippen molar-refractivity contribution in [2.75, 3.05) is 12.3 Å². The zero-order valence-electron chi connectivity index (χ0n) is 11.6. The van der Waals surface area contributed by atoms with Crippen LogP contribution in [0.15, 0.2) is 35.7 Å². The number of amides is 2. The maximum Gasteiger partial charge on any atom is 0.239 e. The number of halogens is 1. The van der Waals surface area contributed by atoms with Crippen molar-refractivity contribution in [3.63, 3.8) is 0 Å². The second-order valence-electron chi connectivity index (χ2n) is 4.79. The number of benzene rings is 1. The summed E-state index contributed by atoms with van der Waals surface area (Å²) in [6.07, 6.45) is 2.77. The molecule has 1 aliphatic heterocycles. The van der Waals surface area contributed by atoms with Gasteiger partial charge in [0.2, 0.25) is 11.8 Å². The minimum absolute atomic E-state index is 0.0955. The van der Waals surface area contributed by atoms with Gasteiger partial charge >= 0.3 is 0 Å². The Kier molecular flexibility index (Phi) is 4.44. The van der Waals surface area contributed by atoms with E-state index in [9.17, 15) is 9.59 Å². The predicted octanol–water partition coefficient (Wildman–Crippen LogP) is 2.16. The summed E-state index contributed by atoms with van der Waals surface area (Å²) >= 11 is 7.24.